The number of H-pyrrole nitrogens is 1. The fourth-order valence-corrected chi connectivity index (χ4v) is 2.79. The highest BCUT2D eigenvalue weighted by molar-refractivity contribution is 5.57. The van der Waals surface area contributed by atoms with E-state index in [-0.39, 0.29) is 17.2 Å². The van der Waals surface area contributed by atoms with E-state index in [2.05, 4.69) is 23.2 Å². The molecule has 1 aromatic carbocycles. The molecule has 22 heavy (non-hydrogen) atoms. The van der Waals surface area contributed by atoms with Crippen molar-refractivity contribution in [2.45, 2.75) is 25.7 Å². The summed E-state index contributed by atoms with van der Waals surface area (Å²) in [6.45, 7) is 2.06. The lowest BCUT2D eigenvalue weighted by molar-refractivity contribution is 0.377. The number of nitrogens with zero attached hydrogens (tertiary/aromatic N) is 2. The van der Waals surface area contributed by atoms with Crippen LogP contribution in [0.25, 0.3) is 0 Å². The molecule has 1 aliphatic rings. The number of aromatic nitrogens is 2. The molecule has 112 valence electrons. The van der Waals surface area contributed by atoms with Gasteiger partial charge in [0.1, 0.15) is 17.4 Å². The first-order chi connectivity index (χ1) is 10.7. The van der Waals surface area contributed by atoms with Crippen LogP contribution in [0.3, 0.4) is 0 Å². The number of rotatable bonds is 3. The van der Waals surface area contributed by atoms with Crippen LogP contribution in [0, 0.1) is 11.3 Å². The van der Waals surface area contributed by atoms with Crippen LogP contribution in [0.2, 0.25) is 0 Å². The molecule has 0 amide bonds. The highest BCUT2D eigenvalue weighted by Crippen LogP contribution is 2.45. The summed E-state index contributed by atoms with van der Waals surface area (Å²) in [5.41, 5.74) is 8.43. The van der Waals surface area contributed by atoms with Crippen LogP contribution in [0.5, 0.6) is 11.6 Å². The number of benzene rings is 1. The summed E-state index contributed by atoms with van der Waals surface area (Å²) in [6, 6.07) is 9.03. The molecule has 3 rings (SSSR count). The number of phenols is 1. The van der Waals surface area contributed by atoms with Crippen molar-refractivity contribution < 1.29 is 9.84 Å². The van der Waals surface area contributed by atoms with Crippen molar-refractivity contribution in [1.82, 2.24) is 10.2 Å². The van der Waals surface area contributed by atoms with Gasteiger partial charge in [-0.3, -0.25) is 5.10 Å². The first kappa shape index (κ1) is 14.0. The Balaban J connectivity index is 2.24. The second-order valence-corrected chi connectivity index (χ2v) is 5.15. The van der Waals surface area contributed by atoms with E-state index >= 15 is 0 Å². The SMILES string of the molecule is CCCc1[nH]nc2c1[C@@H](c1ccccc1O)C(C#N)=C(N)O2. The summed E-state index contributed by atoms with van der Waals surface area (Å²) in [4.78, 5) is 0. The molecule has 4 N–H and O–H groups in total. The van der Waals surface area contributed by atoms with Crippen LogP contribution in [0.15, 0.2) is 35.7 Å². The summed E-state index contributed by atoms with van der Waals surface area (Å²) < 4.78 is 5.46. The number of para-hydroxylation sites is 1. The number of ether oxygens (including phenoxy) is 1. The molecule has 0 aliphatic carbocycles. The van der Waals surface area contributed by atoms with Crippen molar-refractivity contribution in [2.24, 2.45) is 5.73 Å². The molecule has 0 unspecified atom stereocenters. The van der Waals surface area contributed by atoms with E-state index in [1.54, 1.807) is 18.2 Å². The number of fused-ring (bicyclic) bond motifs is 1. The zero-order chi connectivity index (χ0) is 15.7. The molecule has 0 radical (unpaired) electrons. The minimum absolute atomic E-state index is 0.0257. The highest BCUT2D eigenvalue weighted by atomic mass is 16.5. The zero-order valence-corrected chi connectivity index (χ0v) is 12.1. The van der Waals surface area contributed by atoms with Crippen molar-refractivity contribution in [3.63, 3.8) is 0 Å². The molecule has 1 aromatic heterocycles. The summed E-state index contributed by atoms with van der Waals surface area (Å²) in [7, 11) is 0. The van der Waals surface area contributed by atoms with E-state index in [1.807, 2.05) is 6.07 Å². The summed E-state index contributed by atoms with van der Waals surface area (Å²) >= 11 is 0. The van der Waals surface area contributed by atoms with E-state index in [1.165, 1.54) is 0 Å². The second-order valence-electron chi connectivity index (χ2n) is 5.15. The van der Waals surface area contributed by atoms with Gasteiger partial charge in [-0.2, -0.15) is 5.26 Å². The van der Waals surface area contributed by atoms with E-state index < -0.39 is 5.92 Å². The van der Waals surface area contributed by atoms with Crippen molar-refractivity contribution in [1.29, 1.82) is 5.26 Å². The number of phenolic OH excluding ortho intramolecular Hbond substituents is 1. The third-order valence-electron chi connectivity index (χ3n) is 3.77. The van der Waals surface area contributed by atoms with E-state index in [4.69, 9.17) is 10.5 Å². The lowest BCUT2D eigenvalue weighted by Crippen LogP contribution is -2.21. The van der Waals surface area contributed by atoms with Crippen LogP contribution in [0.1, 0.15) is 36.1 Å². The molecule has 0 fully saturated rings. The quantitative estimate of drug-likeness (QED) is 0.805. The summed E-state index contributed by atoms with van der Waals surface area (Å²) in [5, 5.41) is 26.8. The van der Waals surface area contributed by atoms with Gasteiger partial charge in [0.25, 0.3) is 0 Å². The predicted octanol–water partition coefficient (Wildman–Crippen LogP) is 2.29. The largest absolute Gasteiger partial charge is 0.508 e. The fourth-order valence-electron chi connectivity index (χ4n) is 2.79. The highest BCUT2D eigenvalue weighted by Gasteiger charge is 2.36. The van der Waals surface area contributed by atoms with E-state index in [0.717, 1.165) is 24.1 Å². The molecule has 0 spiro atoms. The Hall–Kier alpha value is -2.94. The van der Waals surface area contributed by atoms with Gasteiger partial charge >= 0.3 is 0 Å². The van der Waals surface area contributed by atoms with Crippen molar-refractivity contribution in [3.8, 4) is 17.7 Å². The third kappa shape index (κ3) is 2.07. The average molecular weight is 296 g/mol. The number of nitriles is 1. The smallest absolute Gasteiger partial charge is 0.244 e. The van der Waals surface area contributed by atoms with Gasteiger partial charge in [0.15, 0.2) is 0 Å². The number of allylic oxidation sites excluding steroid dienone is 1. The minimum atomic E-state index is -0.477. The molecule has 6 heteroatoms. The van der Waals surface area contributed by atoms with Gasteiger partial charge in [0.05, 0.1) is 11.5 Å². The van der Waals surface area contributed by atoms with E-state index in [0.29, 0.717) is 11.4 Å². The Kier molecular flexibility index (Phi) is 3.47. The van der Waals surface area contributed by atoms with Gasteiger partial charge in [-0.25, -0.2) is 0 Å². The van der Waals surface area contributed by atoms with Gasteiger partial charge in [-0.15, -0.1) is 5.10 Å². The van der Waals surface area contributed by atoms with E-state index in [9.17, 15) is 10.4 Å². The minimum Gasteiger partial charge on any atom is -0.508 e. The predicted molar refractivity (Wildman–Crippen MR) is 80.0 cm³/mol. The Labute approximate surface area is 127 Å². The maximum atomic E-state index is 10.2. The maximum Gasteiger partial charge on any atom is 0.244 e. The fraction of sp³-hybridized carbons (Fsp3) is 0.250. The molecule has 0 saturated heterocycles. The van der Waals surface area contributed by atoms with Crippen LogP contribution in [-0.4, -0.2) is 15.3 Å². The van der Waals surface area contributed by atoms with Gasteiger partial charge in [0, 0.05) is 11.3 Å². The number of hydrogen-bond acceptors (Lipinski definition) is 5. The molecule has 1 aliphatic heterocycles. The van der Waals surface area contributed by atoms with Gasteiger partial charge in [0.2, 0.25) is 11.8 Å². The molecule has 0 saturated carbocycles. The Bertz CT molecular complexity index is 786. The lowest BCUT2D eigenvalue weighted by Gasteiger charge is -2.24. The van der Waals surface area contributed by atoms with Gasteiger partial charge < -0.3 is 15.6 Å². The lowest BCUT2D eigenvalue weighted by atomic mass is 9.83. The Morgan fingerprint density at radius 3 is 2.91 bits per heavy atom. The molecule has 0 bridgehead atoms. The standard InChI is InChI=1S/C16H16N4O2/c1-2-5-11-14-13(9-6-3-4-7-12(9)21)10(8-17)15(18)22-16(14)20-19-11/h3-4,6-7,13,21H,2,5,18H2,1H3,(H,19,20)/t13-/m0/s1. The zero-order valence-electron chi connectivity index (χ0n) is 12.1. The van der Waals surface area contributed by atoms with Crippen molar-refractivity contribution in [3.05, 3.63) is 52.5 Å². The molecule has 1 atom stereocenters. The topological polar surface area (TPSA) is 108 Å². The van der Waals surface area contributed by atoms with Crippen LogP contribution < -0.4 is 10.5 Å². The van der Waals surface area contributed by atoms with Crippen LogP contribution >= 0.6 is 0 Å². The average Bonchev–Trinajstić information content (AvgIpc) is 2.89. The molecule has 2 heterocycles. The van der Waals surface area contributed by atoms with Crippen LogP contribution in [-0.2, 0) is 6.42 Å². The number of aromatic amines is 1. The summed E-state index contributed by atoms with van der Waals surface area (Å²) in [6.07, 6.45) is 1.69. The van der Waals surface area contributed by atoms with Crippen molar-refractivity contribution >= 4 is 0 Å². The normalized spacial score (nSPS) is 16.8. The Morgan fingerprint density at radius 1 is 1.45 bits per heavy atom. The second kappa shape index (κ2) is 5.45. The van der Waals surface area contributed by atoms with Crippen LogP contribution in [0.4, 0.5) is 0 Å². The van der Waals surface area contributed by atoms with Gasteiger partial charge in [-0.1, -0.05) is 31.5 Å². The first-order valence-corrected chi connectivity index (χ1v) is 7.10. The third-order valence-corrected chi connectivity index (χ3v) is 3.77. The molecular formula is C16H16N4O2. The number of hydrogen-bond donors (Lipinski definition) is 3. The number of aromatic hydroxyl groups is 1. The molecule has 6 nitrogen and oxygen atoms in total. The number of aryl methyl sites for hydroxylation is 1. The Morgan fingerprint density at radius 2 is 2.23 bits per heavy atom. The molecule has 2 aromatic rings. The summed E-state index contributed by atoms with van der Waals surface area (Å²) in [5.74, 6) is 0.0332. The monoisotopic (exact) mass is 296 g/mol. The number of nitrogens with two attached hydrogens (primary N) is 1. The first-order valence-electron chi connectivity index (χ1n) is 7.10. The van der Waals surface area contributed by atoms with Crippen molar-refractivity contribution in [2.75, 3.05) is 0 Å². The molecular weight excluding hydrogens is 280 g/mol. The maximum absolute atomic E-state index is 10.2. The number of nitrogens with one attached hydrogen (secondary N) is 1. The van der Waals surface area contributed by atoms with Gasteiger partial charge in [-0.05, 0) is 12.5 Å².